The Kier molecular flexibility index (Phi) is 8.56. The summed E-state index contributed by atoms with van der Waals surface area (Å²) < 4.78 is 0. The van der Waals surface area contributed by atoms with Crippen LogP contribution < -0.4 is 10.2 Å². The SMILES string of the molecule is CC1CC2CC(C1)CC(C)(c1ccc(Nc3ccc(N(C)c4ncccc4C=O)cc3)c(Cl)c1)C2.CO. The van der Waals surface area contributed by atoms with Gasteiger partial charge in [-0.05, 0) is 109 Å². The van der Waals surface area contributed by atoms with Crippen molar-refractivity contribution >= 4 is 40.8 Å². The molecule has 0 saturated heterocycles. The first-order chi connectivity index (χ1) is 17.8. The number of aromatic nitrogens is 1. The van der Waals surface area contributed by atoms with Crippen LogP contribution in [-0.2, 0) is 5.41 Å². The number of carbonyl (C=O) groups is 1. The van der Waals surface area contributed by atoms with Gasteiger partial charge in [-0.1, -0.05) is 31.5 Å². The second-order valence-corrected chi connectivity index (χ2v) is 11.4. The molecule has 0 aliphatic heterocycles. The molecule has 2 saturated carbocycles. The molecule has 2 atom stereocenters. The van der Waals surface area contributed by atoms with Crippen LogP contribution in [0, 0.1) is 17.8 Å². The number of benzene rings is 2. The normalized spacial score (nSPS) is 24.4. The van der Waals surface area contributed by atoms with Crippen LogP contribution in [0.2, 0.25) is 5.02 Å². The number of anilines is 4. The first-order valence-electron chi connectivity index (χ1n) is 13.1. The number of hydrogen-bond acceptors (Lipinski definition) is 5. The Hall–Kier alpha value is -2.89. The van der Waals surface area contributed by atoms with E-state index in [1.54, 1.807) is 18.3 Å². The molecule has 2 bridgehead atoms. The molecule has 2 N–H and O–H groups in total. The summed E-state index contributed by atoms with van der Waals surface area (Å²) in [6.45, 7) is 4.86. The van der Waals surface area contributed by atoms with E-state index in [1.165, 1.54) is 37.7 Å². The summed E-state index contributed by atoms with van der Waals surface area (Å²) in [5, 5.41) is 11.2. The maximum atomic E-state index is 11.4. The van der Waals surface area contributed by atoms with Crippen molar-refractivity contribution in [3.8, 4) is 0 Å². The van der Waals surface area contributed by atoms with Gasteiger partial charge in [-0.3, -0.25) is 4.79 Å². The average molecular weight is 520 g/mol. The van der Waals surface area contributed by atoms with E-state index in [1.807, 2.05) is 36.2 Å². The fourth-order valence-corrected chi connectivity index (χ4v) is 6.87. The molecule has 196 valence electrons. The maximum absolute atomic E-state index is 11.4. The molecule has 0 amide bonds. The Morgan fingerprint density at radius 2 is 1.73 bits per heavy atom. The Morgan fingerprint density at radius 1 is 1.05 bits per heavy atom. The highest BCUT2D eigenvalue weighted by Gasteiger charge is 2.41. The van der Waals surface area contributed by atoms with Gasteiger partial charge < -0.3 is 15.3 Å². The third-order valence-electron chi connectivity index (χ3n) is 8.08. The van der Waals surface area contributed by atoms with Gasteiger partial charge in [0.2, 0.25) is 0 Å². The molecule has 6 heteroatoms. The molecule has 0 radical (unpaired) electrons. The van der Waals surface area contributed by atoms with Crippen LogP contribution in [0.15, 0.2) is 60.8 Å². The van der Waals surface area contributed by atoms with Crippen molar-refractivity contribution < 1.29 is 9.90 Å². The smallest absolute Gasteiger partial charge is 0.153 e. The summed E-state index contributed by atoms with van der Waals surface area (Å²) in [6, 6.07) is 18.2. The molecular weight excluding hydrogens is 482 g/mol. The zero-order valence-electron chi connectivity index (χ0n) is 22.2. The third-order valence-corrected chi connectivity index (χ3v) is 8.39. The number of aliphatic hydroxyl groups excluding tert-OH is 1. The first-order valence-corrected chi connectivity index (χ1v) is 13.5. The molecule has 2 fully saturated rings. The quantitative estimate of drug-likeness (QED) is 0.325. The van der Waals surface area contributed by atoms with Gasteiger partial charge in [-0.25, -0.2) is 4.98 Å². The highest BCUT2D eigenvalue weighted by molar-refractivity contribution is 6.33. The molecule has 2 aromatic carbocycles. The molecule has 37 heavy (non-hydrogen) atoms. The summed E-state index contributed by atoms with van der Waals surface area (Å²) in [7, 11) is 2.91. The van der Waals surface area contributed by atoms with Crippen molar-refractivity contribution in [1.82, 2.24) is 4.98 Å². The number of rotatable bonds is 6. The van der Waals surface area contributed by atoms with E-state index in [4.69, 9.17) is 16.7 Å². The molecule has 0 spiro atoms. The minimum absolute atomic E-state index is 0.216. The van der Waals surface area contributed by atoms with Crippen molar-refractivity contribution in [2.75, 3.05) is 24.4 Å². The predicted octanol–water partition coefficient (Wildman–Crippen LogP) is 7.77. The van der Waals surface area contributed by atoms with E-state index in [2.05, 4.69) is 42.3 Å². The number of hydrogen-bond donors (Lipinski definition) is 2. The van der Waals surface area contributed by atoms with Crippen LogP contribution in [0.25, 0.3) is 0 Å². The van der Waals surface area contributed by atoms with Crippen molar-refractivity contribution in [1.29, 1.82) is 0 Å². The highest BCUT2D eigenvalue weighted by Crippen LogP contribution is 2.51. The Balaban J connectivity index is 0.00000156. The summed E-state index contributed by atoms with van der Waals surface area (Å²) in [5.74, 6) is 3.21. The van der Waals surface area contributed by atoms with Gasteiger partial charge in [0, 0.05) is 31.7 Å². The second-order valence-electron chi connectivity index (χ2n) is 11.0. The zero-order valence-corrected chi connectivity index (χ0v) is 23.0. The number of nitrogens with zero attached hydrogens (tertiary/aromatic N) is 2. The summed E-state index contributed by atoms with van der Waals surface area (Å²) in [4.78, 5) is 17.6. The second kappa shape index (κ2) is 11.7. The van der Waals surface area contributed by atoms with E-state index in [0.717, 1.165) is 53.2 Å². The summed E-state index contributed by atoms with van der Waals surface area (Å²) in [5.41, 5.74) is 4.97. The van der Waals surface area contributed by atoms with Crippen molar-refractivity contribution in [3.05, 3.63) is 76.9 Å². The molecular formula is C31H38ClN3O2. The lowest BCUT2D eigenvalue weighted by Crippen LogP contribution is -2.38. The summed E-state index contributed by atoms with van der Waals surface area (Å²) in [6.07, 6.45) is 9.24. The molecule has 2 unspecified atom stereocenters. The number of fused-ring (bicyclic) bond motifs is 2. The van der Waals surface area contributed by atoms with E-state index in [-0.39, 0.29) is 5.41 Å². The predicted molar refractivity (Wildman–Crippen MR) is 154 cm³/mol. The van der Waals surface area contributed by atoms with Crippen LogP contribution in [0.3, 0.4) is 0 Å². The molecule has 1 aromatic heterocycles. The number of carbonyl (C=O) groups excluding carboxylic acids is 1. The topological polar surface area (TPSA) is 65.5 Å². The molecule has 1 heterocycles. The fourth-order valence-electron chi connectivity index (χ4n) is 6.64. The Morgan fingerprint density at radius 3 is 2.35 bits per heavy atom. The van der Waals surface area contributed by atoms with Crippen molar-refractivity contribution in [3.63, 3.8) is 0 Å². The Bertz CT molecular complexity index is 1200. The van der Waals surface area contributed by atoms with Gasteiger partial charge in [0.05, 0.1) is 16.3 Å². The van der Waals surface area contributed by atoms with Crippen LogP contribution in [-0.4, -0.2) is 30.5 Å². The van der Waals surface area contributed by atoms with Crippen molar-refractivity contribution in [2.24, 2.45) is 17.8 Å². The minimum atomic E-state index is 0.216. The Labute approximate surface area is 225 Å². The standard InChI is InChI=1S/C30H34ClN3O.CH4O/c1-20-13-21-15-22(14-20)18-30(2,17-21)24-6-11-28(27(31)16-24)33-25-7-9-26(10-8-25)34(3)29-23(19-35)5-4-12-32-29;1-2/h4-12,16,19-22,33H,13-15,17-18H2,1-3H3;2H,1H3. The number of halogens is 1. The van der Waals surface area contributed by atoms with Crippen LogP contribution in [0.5, 0.6) is 0 Å². The van der Waals surface area contributed by atoms with Gasteiger partial charge in [0.15, 0.2) is 6.29 Å². The lowest BCUT2D eigenvalue weighted by atomic mass is 9.57. The lowest BCUT2D eigenvalue weighted by molar-refractivity contribution is 0.0899. The van der Waals surface area contributed by atoms with E-state index >= 15 is 0 Å². The van der Waals surface area contributed by atoms with Gasteiger partial charge in [0.25, 0.3) is 0 Å². The third kappa shape index (κ3) is 6.00. The molecule has 5 rings (SSSR count). The highest BCUT2D eigenvalue weighted by atomic mass is 35.5. The fraction of sp³-hybridized carbons (Fsp3) is 0.419. The minimum Gasteiger partial charge on any atom is -0.400 e. The summed E-state index contributed by atoms with van der Waals surface area (Å²) >= 11 is 6.79. The lowest BCUT2D eigenvalue weighted by Gasteiger charge is -2.47. The maximum Gasteiger partial charge on any atom is 0.153 e. The van der Waals surface area contributed by atoms with Gasteiger partial charge in [-0.15, -0.1) is 0 Å². The number of aldehydes is 1. The van der Waals surface area contributed by atoms with E-state index < -0.39 is 0 Å². The molecule has 5 nitrogen and oxygen atoms in total. The average Bonchev–Trinajstić information content (AvgIpc) is 2.90. The van der Waals surface area contributed by atoms with Crippen LogP contribution in [0.4, 0.5) is 22.9 Å². The first kappa shape index (κ1) is 27.2. The number of aliphatic hydroxyl groups is 1. The molecule has 2 aliphatic carbocycles. The van der Waals surface area contributed by atoms with Gasteiger partial charge in [0.1, 0.15) is 5.82 Å². The monoisotopic (exact) mass is 519 g/mol. The number of pyridine rings is 1. The number of nitrogens with one attached hydrogen (secondary N) is 1. The van der Waals surface area contributed by atoms with Crippen molar-refractivity contribution in [2.45, 2.75) is 51.4 Å². The van der Waals surface area contributed by atoms with Gasteiger partial charge in [-0.2, -0.15) is 0 Å². The van der Waals surface area contributed by atoms with Gasteiger partial charge >= 0.3 is 0 Å². The van der Waals surface area contributed by atoms with Crippen LogP contribution >= 0.6 is 11.6 Å². The van der Waals surface area contributed by atoms with E-state index in [9.17, 15) is 4.79 Å². The largest absolute Gasteiger partial charge is 0.400 e. The zero-order chi connectivity index (χ0) is 26.6. The molecule has 3 aromatic rings. The molecule has 2 aliphatic rings. The van der Waals surface area contributed by atoms with Crippen LogP contribution in [0.1, 0.15) is 61.9 Å². The van der Waals surface area contributed by atoms with E-state index in [0.29, 0.717) is 11.4 Å².